The summed E-state index contributed by atoms with van der Waals surface area (Å²) in [6.45, 7) is 0.730. The third-order valence-electron chi connectivity index (χ3n) is 3.16. The highest BCUT2D eigenvalue weighted by molar-refractivity contribution is 7.98. The Bertz CT molecular complexity index is 528. The van der Waals surface area contributed by atoms with E-state index in [2.05, 4.69) is 42.5 Å². The molecule has 0 fully saturated rings. The number of methoxy groups -OCH3 is 1. The van der Waals surface area contributed by atoms with E-state index in [0.29, 0.717) is 0 Å². The van der Waals surface area contributed by atoms with Gasteiger partial charge in [-0.25, -0.2) is 0 Å². The number of thioether (sulfide) groups is 1. The van der Waals surface area contributed by atoms with Gasteiger partial charge < -0.3 is 10.5 Å². The third kappa shape index (κ3) is 4.29. The second kappa shape index (κ2) is 7.98. The number of benzene rings is 2. The largest absolute Gasteiger partial charge is 0.496 e. The first kappa shape index (κ1) is 14.9. The van der Waals surface area contributed by atoms with Crippen molar-refractivity contribution in [3.05, 3.63) is 59.7 Å². The van der Waals surface area contributed by atoms with Crippen molar-refractivity contribution in [3.8, 4) is 5.75 Å². The minimum absolute atomic E-state index is 0.730. The minimum atomic E-state index is 0.730. The van der Waals surface area contributed by atoms with Crippen LogP contribution < -0.4 is 10.5 Å². The zero-order chi connectivity index (χ0) is 14.2. The summed E-state index contributed by atoms with van der Waals surface area (Å²) in [7, 11) is 1.73. The zero-order valence-electron chi connectivity index (χ0n) is 11.8. The van der Waals surface area contributed by atoms with Gasteiger partial charge in [0, 0.05) is 16.2 Å². The highest BCUT2D eigenvalue weighted by Gasteiger charge is 2.05. The van der Waals surface area contributed by atoms with Gasteiger partial charge in [-0.15, -0.1) is 11.8 Å². The molecule has 0 aliphatic rings. The predicted molar refractivity (Wildman–Crippen MR) is 86.4 cm³/mol. The maximum atomic E-state index is 5.55. The van der Waals surface area contributed by atoms with E-state index in [1.54, 1.807) is 7.11 Å². The summed E-state index contributed by atoms with van der Waals surface area (Å²) >= 11 is 1.83. The summed E-state index contributed by atoms with van der Waals surface area (Å²) < 4.78 is 5.51. The van der Waals surface area contributed by atoms with Gasteiger partial charge in [-0.1, -0.05) is 30.3 Å². The zero-order valence-corrected chi connectivity index (χ0v) is 12.7. The SMILES string of the molecule is COc1cc(CCCN)ccc1CSc1ccccc1. The number of nitrogens with two attached hydrogens (primary N) is 1. The van der Waals surface area contributed by atoms with Gasteiger partial charge in [0.05, 0.1) is 7.11 Å². The second-order valence-electron chi connectivity index (χ2n) is 4.64. The van der Waals surface area contributed by atoms with Gasteiger partial charge in [0.2, 0.25) is 0 Å². The van der Waals surface area contributed by atoms with E-state index in [1.165, 1.54) is 16.0 Å². The number of hydrogen-bond donors (Lipinski definition) is 1. The molecule has 0 saturated heterocycles. The van der Waals surface area contributed by atoms with Crippen LogP contribution in [0.15, 0.2) is 53.4 Å². The lowest BCUT2D eigenvalue weighted by Gasteiger charge is -2.10. The van der Waals surface area contributed by atoms with Gasteiger partial charge in [0.25, 0.3) is 0 Å². The quantitative estimate of drug-likeness (QED) is 0.785. The minimum Gasteiger partial charge on any atom is -0.496 e. The standard InChI is InChI=1S/C17H21NOS/c1-19-17-12-14(6-5-11-18)9-10-15(17)13-20-16-7-3-2-4-8-16/h2-4,7-10,12H,5-6,11,13,18H2,1H3. The molecule has 3 heteroatoms. The van der Waals surface area contributed by atoms with Crippen molar-refractivity contribution in [3.63, 3.8) is 0 Å². The van der Waals surface area contributed by atoms with E-state index >= 15 is 0 Å². The van der Waals surface area contributed by atoms with Gasteiger partial charge in [-0.05, 0) is 43.1 Å². The Balaban J connectivity index is 2.03. The fourth-order valence-electron chi connectivity index (χ4n) is 2.05. The van der Waals surface area contributed by atoms with Crippen molar-refractivity contribution in [2.75, 3.05) is 13.7 Å². The number of rotatable bonds is 7. The summed E-state index contributed by atoms with van der Waals surface area (Å²) in [6.07, 6.45) is 2.03. The molecule has 2 aromatic rings. The van der Waals surface area contributed by atoms with Crippen molar-refractivity contribution in [2.24, 2.45) is 5.73 Å². The Labute approximate surface area is 125 Å². The summed E-state index contributed by atoms with van der Waals surface area (Å²) in [6, 6.07) is 16.9. The van der Waals surface area contributed by atoms with Crippen LogP contribution in [0.2, 0.25) is 0 Å². The van der Waals surface area contributed by atoms with Crippen LogP contribution in [-0.2, 0) is 12.2 Å². The van der Waals surface area contributed by atoms with Crippen LogP contribution in [0.3, 0.4) is 0 Å². The van der Waals surface area contributed by atoms with Crippen LogP contribution in [0.5, 0.6) is 5.75 Å². The summed E-state index contributed by atoms with van der Waals surface area (Å²) in [5.41, 5.74) is 8.08. The molecule has 0 unspecified atom stereocenters. The van der Waals surface area contributed by atoms with Gasteiger partial charge in [-0.3, -0.25) is 0 Å². The molecule has 2 N–H and O–H groups in total. The highest BCUT2D eigenvalue weighted by atomic mass is 32.2. The van der Waals surface area contributed by atoms with Crippen molar-refractivity contribution in [1.82, 2.24) is 0 Å². The number of aryl methyl sites for hydroxylation is 1. The molecule has 2 nitrogen and oxygen atoms in total. The fourth-order valence-corrected chi connectivity index (χ4v) is 2.96. The van der Waals surface area contributed by atoms with Crippen molar-refractivity contribution < 1.29 is 4.74 Å². The monoisotopic (exact) mass is 287 g/mol. The van der Waals surface area contributed by atoms with Crippen LogP contribution in [0, 0.1) is 0 Å². The van der Waals surface area contributed by atoms with Crippen molar-refractivity contribution in [2.45, 2.75) is 23.5 Å². The van der Waals surface area contributed by atoms with E-state index in [-0.39, 0.29) is 0 Å². The highest BCUT2D eigenvalue weighted by Crippen LogP contribution is 2.28. The molecule has 0 saturated carbocycles. The Morgan fingerprint density at radius 2 is 1.90 bits per heavy atom. The molecule has 20 heavy (non-hydrogen) atoms. The first-order valence-corrected chi connectivity index (χ1v) is 7.85. The van der Waals surface area contributed by atoms with Gasteiger partial charge in [-0.2, -0.15) is 0 Å². The van der Waals surface area contributed by atoms with Crippen molar-refractivity contribution in [1.29, 1.82) is 0 Å². The Morgan fingerprint density at radius 3 is 2.60 bits per heavy atom. The first-order valence-electron chi connectivity index (χ1n) is 6.87. The summed E-state index contributed by atoms with van der Waals surface area (Å²) in [5.74, 6) is 1.90. The van der Waals surface area contributed by atoms with E-state index in [4.69, 9.17) is 10.5 Å². The first-order chi connectivity index (χ1) is 9.83. The van der Waals surface area contributed by atoms with E-state index in [0.717, 1.165) is 30.9 Å². The molecule has 0 amide bonds. The van der Waals surface area contributed by atoms with Gasteiger partial charge in [0.1, 0.15) is 5.75 Å². The maximum absolute atomic E-state index is 5.55. The lowest BCUT2D eigenvalue weighted by atomic mass is 10.1. The third-order valence-corrected chi connectivity index (χ3v) is 4.22. The molecule has 0 radical (unpaired) electrons. The molecule has 106 valence electrons. The lowest BCUT2D eigenvalue weighted by molar-refractivity contribution is 0.410. The Kier molecular flexibility index (Phi) is 5.96. The average molecular weight is 287 g/mol. The molecular formula is C17H21NOS. The molecule has 0 heterocycles. The van der Waals surface area contributed by atoms with Gasteiger partial charge >= 0.3 is 0 Å². The molecule has 0 atom stereocenters. The van der Waals surface area contributed by atoms with Crippen LogP contribution >= 0.6 is 11.8 Å². The molecule has 0 aliphatic heterocycles. The molecule has 0 aromatic heterocycles. The number of hydrogen-bond acceptors (Lipinski definition) is 3. The van der Waals surface area contributed by atoms with Crippen molar-refractivity contribution >= 4 is 11.8 Å². The van der Waals surface area contributed by atoms with Gasteiger partial charge in [0.15, 0.2) is 0 Å². The van der Waals surface area contributed by atoms with E-state index in [1.807, 2.05) is 17.8 Å². The molecule has 0 bridgehead atoms. The second-order valence-corrected chi connectivity index (χ2v) is 5.69. The average Bonchev–Trinajstić information content (AvgIpc) is 2.52. The maximum Gasteiger partial charge on any atom is 0.123 e. The molecule has 0 spiro atoms. The molecule has 0 aliphatic carbocycles. The Morgan fingerprint density at radius 1 is 1.10 bits per heavy atom. The number of ether oxygens (including phenoxy) is 1. The Hall–Kier alpha value is -1.45. The van der Waals surface area contributed by atoms with Crippen LogP contribution in [-0.4, -0.2) is 13.7 Å². The lowest BCUT2D eigenvalue weighted by Crippen LogP contribution is -2.01. The predicted octanol–water partition coefficient (Wildman–Crippen LogP) is 3.88. The normalized spacial score (nSPS) is 10.5. The van der Waals surface area contributed by atoms with E-state index in [9.17, 15) is 0 Å². The smallest absolute Gasteiger partial charge is 0.123 e. The van der Waals surface area contributed by atoms with Crippen LogP contribution in [0.4, 0.5) is 0 Å². The summed E-state index contributed by atoms with van der Waals surface area (Å²) in [4.78, 5) is 1.28. The summed E-state index contributed by atoms with van der Waals surface area (Å²) in [5, 5.41) is 0. The topological polar surface area (TPSA) is 35.2 Å². The fraction of sp³-hybridized carbons (Fsp3) is 0.294. The molecular weight excluding hydrogens is 266 g/mol. The van der Waals surface area contributed by atoms with E-state index < -0.39 is 0 Å². The molecule has 2 aromatic carbocycles. The van der Waals surface area contributed by atoms with Crippen LogP contribution in [0.25, 0.3) is 0 Å². The van der Waals surface area contributed by atoms with Crippen LogP contribution in [0.1, 0.15) is 17.5 Å². The molecule has 2 rings (SSSR count).